The SMILES string of the molecule is C=C[C@H]1CC(NC(=O)OC(C)(C)C)C(C(=O)C(C)C)C1. The normalized spacial score (nSPS) is 26.4. The second kappa shape index (κ2) is 6.42. The molecule has 4 nitrogen and oxygen atoms in total. The van der Waals surface area contributed by atoms with Crippen LogP contribution in [0.2, 0.25) is 0 Å². The van der Waals surface area contributed by atoms with Crippen LogP contribution in [0.1, 0.15) is 47.5 Å². The Labute approximate surface area is 122 Å². The summed E-state index contributed by atoms with van der Waals surface area (Å²) in [6.45, 7) is 13.1. The van der Waals surface area contributed by atoms with Gasteiger partial charge in [-0.25, -0.2) is 4.79 Å². The van der Waals surface area contributed by atoms with Crippen LogP contribution in [0, 0.1) is 17.8 Å². The molecule has 1 amide bonds. The van der Waals surface area contributed by atoms with Crippen LogP contribution in [0.5, 0.6) is 0 Å². The summed E-state index contributed by atoms with van der Waals surface area (Å²) < 4.78 is 5.27. The van der Waals surface area contributed by atoms with E-state index in [9.17, 15) is 9.59 Å². The Morgan fingerprint density at radius 2 is 1.90 bits per heavy atom. The van der Waals surface area contributed by atoms with Crippen molar-refractivity contribution in [2.45, 2.75) is 59.1 Å². The number of hydrogen-bond acceptors (Lipinski definition) is 3. The van der Waals surface area contributed by atoms with Gasteiger partial charge in [0, 0.05) is 17.9 Å². The van der Waals surface area contributed by atoms with Crippen molar-refractivity contribution >= 4 is 11.9 Å². The van der Waals surface area contributed by atoms with Crippen LogP contribution >= 0.6 is 0 Å². The summed E-state index contributed by atoms with van der Waals surface area (Å²) in [5.74, 6) is 0.329. The van der Waals surface area contributed by atoms with Gasteiger partial charge in [0.2, 0.25) is 0 Å². The third-order valence-electron chi connectivity index (χ3n) is 3.57. The highest BCUT2D eigenvalue weighted by atomic mass is 16.6. The lowest BCUT2D eigenvalue weighted by Gasteiger charge is -2.24. The summed E-state index contributed by atoms with van der Waals surface area (Å²) in [4.78, 5) is 24.1. The Morgan fingerprint density at radius 1 is 1.30 bits per heavy atom. The van der Waals surface area contributed by atoms with Crippen LogP contribution in [0.4, 0.5) is 4.79 Å². The largest absolute Gasteiger partial charge is 0.444 e. The van der Waals surface area contributed by atoms with E-state index >= 15 is 0 Å². The van der Waals surface area contributed by atoms with E-state index in [0.29, 0.717) is 0 Å². The van der Waals surface area contributed by atoms with Gasteiger partial charge in [0.25, 0.3) is 0 Å². The van der Waals surface area contributed by atoms with Gasteiger partial charge in [0.05, 0.1) is 0 Å². The lowest BCUT2D eigenvalue weighted by Crippen LogP contribution is -2.43. The van der Waals surface area contributed by atoms with Crippen molar-refractivity contribution in [2.24, 2.45) is 17.8 Å². The number of hydrogen-bond donors (Lipinski definition) is 1. The van der Waals surface area contributed by atoms with Crippen molar-refractivity contribution in [1.29, 1.82) is 0 Å². The molecule has 0 aliphatic heterocycles. The van der Waals surface area contributed by atoms with Crippen LogP contribution in [0.15, 0.2) is 12.7 Å². The van der Waals surface area contributed by atoms with Crippen molar-refractivity contribution in [1.82, 2.24) is 5.32 Å². The molecule has 20 heavy (non-hydrogen) atoms. The zero-order valence-corrected chi connectivity index (χ0v) is 13.2. The van der Waals surface area contributed by atoms with Crippen LogP contribution in [0.3, 0.4) is 0 Å². The molecule has 0 bridgehead atoms. The molecule has 4 heteroatoms. The van der Waals surface area contributed by atoms with Gasteiger partial charge in [-0.3, -0.25) is 4.79 Å². The highest BCUT2D eigenvalue weighted by Gasteiger charge is 2.39. The van der Waals surface area contributed by atoms with E-state index in [0.717, 1.165) is 12.8 Å². The zero-order valence-electron chi connectivity index (χ0n) is 13.2. The van der Waals surface area contributed by atoms with E-state index < -0.39 is 11.7 Å². The first kappa shape index (κ1) is 16.7. The van der Waals surface area contributed by atoms with Crippen molar-refractivity contribution in [3.8, 4) is 0 Å². The van der Waals surface area contributed by atoms with E-state index in [1.165, 1.54) is 0 Å². The van der Waals surface area contributed by atoms with E-state index in [2.05, 4.69) is 11.9 Å². The highest BCUT2D eigenvalue weighted by Crippen LogP contribution is 2.34. The van der Waals surface area contributed by atoms with E-state index in [-0.39, 0.29) is 29.6 Å². The fourth-order valence-corrected chi connectivity index (χ4v) is 2.63. The number of Topliss-reactive ketones (excluding diaryl/α,β-unsaturated/α-hetero) is 1. The third kappa shape index (κ3) is 4.66. The number of ether oxygens (including phenoxy) is 1. The molecule has 3 atom stereocenters. The lowest BCUT2D eigenvalue weighted by molar-refractivity contribution is -0.126. The maximum atomic E-state index is 12.3. The first-order chi connectivity index (χ1) is 9.14. The maximum absolute atomic E-state index is 12.3. The van der Waals surface area contributed by atoms with Crippen molar-refractivity contribution in [2.75, 3.05) is 0 Å². The Hall–Kier alpha value is -1.32. The molecular formula is C16H27NO3. The standard InChI is InChI=1S/C16H27NO3/c1-7-11-8-12(14(18)10(2)3)13(9-11)17-15(19)20-16(4,5)6/h7,10-13H,1,8-9H2,2-6H3,(H,17,19)/t11-,12?,13?/m1/s1. The Bertz CT molecular complexity index is 382. The summed E-state index contributed by atoms with van der Waals surface area (Å²) in [5.41, 5.74) is -0.530. The molecule has 1 fully saturated rings. The predicted octanol–water partition coefficient (Wildman–Crippen LogP) is 3.32. The van der Waals surface area contributed by atoms with Crippen LogP contribution in [-0.4, -0.2) is 23.5 Å². The number of rotatable bonds is 4. The van der Waals surface area contributed by atoms with Gasteiger partial charge in [0.1, 0.15) is 11.4 Å². The molecule has 1 aliphatic rings. The van der Waals surface area contributed by atoms with Gasteiger partial charge >= 0.3 is 6.09 Å². The van der Waals surface area contributed by atoms with Gasteiger partial charge in [0.15, 0.2) is 0 Å². The molecule has 0 aromatic carbocycles. The average molecular weight is 281 g/mol. The molecule has 1 rings (SSSR count). The molecular weight excluding hydrogens is 254 g/mol. The minimum Gasteiger partial charge on any atom is -0.444 e. The van der Waals surface area contributed by atoms with Crippen molar-refractivity contribution in [3.63, 3.8) is 0 Å². The molecule has 0 saturated heterocycles. The average Bonchev–Trinajstić information content (AvgIpc) is 2.68. The molecule has 0 spiro atoms. The Kier molecular flexibility index (Phi) is 5.37. The van der Waals surface area contributed by atoms with Gasteiger partial charge in [-0.1, -0.05) is 19.9 Å². The summed E-state index contributed by atoms with van der Waals surface area (Å²) in [6, 6.07) is -0.150. The topological polar surface area (TPSA) is 55.4 Å². The summed E-state index contributed by atoms with van der Waals surface area (Å²) in [5, 5.41) is 2.86. The van der Waals surface area contributed by atoms with Crippen LogP contribution < -0.4 is 5.32 Å². The number of nitrogens with one attached hydrogen (secondary N) is 1. The monoisotopic (exact) mass is 281 g/mol. The quantitative estimate of drug-likeness (QED) is 0.804. The van der Waals surface area contributed by atoms with E-state index in [1.54, 1.807) is 0 Å². The van der Waals surface area contributed by atoms with Gasteiger partial charge < -0.3 is 10.1 Å². The fourth-order valence-electron chi connectivity index (χ4n) is 2.63. The molecule has 0 aromatic heterocycles. The third-order valence-corrected chi connectivity index (χ3v) is 3.57. The number of carbonyl (C=O) groups excluding carboxylic acids is 2. The second-order valence-corrected chi connectivity index (χ2v) is 6.88. The number of allylic oxidation sites excluding steroid dienone is 1. The number of carbonyl (C=O) groups is 2. The Morgan fingerprint density at radius 3 is 2.35 bits per heavy atom. The molecule has 2 unspecified atom stereocenters. The fraction of sp³-hybridized carbons (Fsp3) is 0.750. The second-order valence-electron chi connectivity index (χ2n) is 6.88. The number of ketones is 1. The maximum Gasteiger partial charge on any atom is 0.407 e. The number of alkyl carbamates (subject to hydrolysis) is 1. The van der Waals surface area contributed by atoms with Gasteiger partial charge in [-0.05, 0) is 39.5 Å². The predicted molar refractivity (Wildman–Crippen MR) is 79.4 cm³/mol. The summed E-state index contributed by atoms with van der Waals surface area (Å²) in [6.07, 6.45) is 2.94. The molecule has 0 heterocycles. The van der Waals surface area contributed by atoms with Crippen molar-refractivity contribution in [3.05, 3.63) is 12.7 Å². The summed E-state index contributed by atoms with van der Waals surface area (Å²) in [7, 11) is 0. The van der Waals surface area contributed by atoms with E-state index in [4.69, 9.17) is 4.74 Å². The van der Waals surface area contributed by atoms with Crippen molar-refractivity contribution < 1.29 is 14.3 Å². The van der Waals surface area contributed by atoms with Crippen LogP contribution in [-0.2, 0) is 9.53 Å². The van der Waals surface area contributed by atoms with Gasteiger partial charge in [-0.2, -0.15) is 0 Å². The highest BCUT2D eigenvalue weighted by molar-refractivity contribution is 5.84. The summed E-state index contributed by atoms with van der Waals surface area (Å²) >= 11 is 0. The molecule has 1 N–H and O–H groups in total. The molecule has 1 saturated carbocycles. The van der Waals surface area contributed by atoms with E-state index in [1.807, 2.05) is 40.7 Å². The minimum atomic E-state index is -0.530. The Balaban J connectivity index is 2.72. The molecule has 114 valence electrons. The number of amides is 1. The molecule has 0 radical (unpaired) electrons. The lowest BCUT2D eigenvalue weighted by atomic mass is 9.90. The molecule has 0 aromatic rings. The smallest absolute Gasteiger partial charge is 0.407 e. The first-order valence-electron chi connectivity index (χ1n) is 7.30. The van der Waals surface area contributed by atoms with Gasteiger partial charge in [-0.15, -0.1) is 6.58 Å². The zero-order chi connectivity index (χ0) is 15.5. The minimum absolute atomic E-state index is 0.0218. The van der Waals surface area contributed by atoms with Crippen LogP contribution in [0.25, 0.3) is 0 Å². The first-order valence-corrected chi connectivity index (χ1v) is 7.30. The molecule has 1 aliphatic carbocycles.